The molecule has 2 amide bonds. The van der Waals surface area contributed by atoms with Crippen LogP contribution in [0.2, 0.25) is 0 Å². The van der Waals surface area contributed by atoms with E-state index in [0.29, 0.717) is 48.8 Å². The number of amides is 2. The van der Waals surface area contributed by atoms with Crippen LogP contribution in [0.15, 0.2) is 42.5 Å². The van der Waals surface area contributed by atoms with Crippen LogP contribution in [0, 0.1) is 11.7 Å². The van der Waals surface area contributed by atoms with Crippen molar-refractivity contribution >= 4 is 21.7 Å². The molecule has 4 rings (SSSR count). The number of imide groups is 1. The number of rotatable bonds is 12. The largest absolute Gasteiger partial charge is 0.490 e. The van der Waals surface area contributed by atoms with E-state index >= 15 is 0 Å². The van der Waals surface area contributed by atoms with Gasteiger partial charge in [0.15, 0.2) is 21.4 Å². The summed E-state index contributed by atoms with van der Waals surface area (Å²) in [6, 6.07) is 10.7. The molecule has 0 bridgehead atoms. The normalized spacial score (nSPS) is 17.9. The molecule has 6 nitrogen and oxygen atoms in total. The Morgan fingerprint density at radius 3 is 2.41 bits per heavy atom. The average molecular weight is 490 g/mol. The summed E-state index contributed by atoms with van der Waals surface area (Å²) >= 11 is 0. The first-order valence-corrected chi connectivity index (χ1v) is 13.4. The van der Waals surface area contributed by atoms with Gasteiger partial charge in [0.1, 0.15) is 0 Å². The minimum Gasteiger partial charge on any atom is -0.490 e. The molecule has 1 atom stereocenters. The molecule has 1 heterocycles. The van der Waals surface area contributed by atoms with Crippen LogP contribution in [0.5, 0.6) is 5.75 Å². The van der Waals surface area contributed by atoms with Gasteiger partial charge in [-0.2, -0.15) is 0 Å². The Hall–Kier alpha value is -2.74. The van der Waals surface area contributed by atoms with Crippen molar-refractivity contribution in [1.29, 1.82) is 0 Å². The Morgan fingerprint density at radius 1 is 1.09 bits per heavy atom. The summed E-state index contributed by atoms with van der Waals surface area (Å²) in [6.45, 7) is 0.0176. The molecule has 8 heteroatoms. The van der Waals surface area contributed by atoms with E-state index in [1.54, 1.807) is 31.2 Å². The number of unbranched alkanes of at least 4 members (excludes halogenated alkanes) is 2. The van der Waals surface area contributed by atoms with E-state index in [4.69, 9.17) is 7.48 Å². The zero-order chi connectivity index (χ0) is 26.1. The first-order valence-electron chi connectivity index (χ1n) is 12.6. The zero-order valence-electron chi connectivity index (χ0n) is 21.1. The fraction of sp³-hybridized carbons (Fsp3) is 0.462. The van der Waals surface area contributed by atoms with Crippen LogP contribution in [0.1, 0.15) is 74.0 Å². The molecule has 1 fully saturated rings. The second kappa shape index (κ2) is 10.3. The predicted octanol–water partition coefficient (Wildman–Crippen LogP) is 4.60. The Labute approximate surface area is 202 Å². The first kappa shape index (κ1) is 21.8. The highest BCUT2D eigenvalue weighted by Crippen LogP contribution is 2.31. The minimum atomic E-state index is -3.41. The van der Waals surface area contributed by atoms with Gasteiger partial charge in [-0.05, 0) is 67.3 Å². The molecular formula is C26H30FNO5S. The Balaban J connectivity index is 1.25. The summed E-state index contributed by atoms with van der Waals surface area (Å²) in [6.07, 6.45) is 2.85. The quantitative estimate of drug-likeness (QED) is 0.322. The number of benzene rings is 2. The molecule has 1 aliphatic carbocycles. The van der Waals surface area contributed by atoms with Gasteiger partial charge in [0.25, 0.3) is 11.8 Å². The number of ether oxygens (including phenoxy) is 1. The molecular weight excluding hydrogens is 457 g/mol. The van der Waals surface area contributed by atoms with Gasteiger partial charge >= 0.3 is 0 Å². The third-order valence-electron chi connectivity index (χ3n) is 6.16. The molecule has 2 aromatic rings. The fourth-order valence-electron chi connectivity index (χ4n) is 4.02. The lowest BCUT2D eigenvalue weighted by molar-refractivity contribution is 0.0651. The van der Waals surface area contributed by atoms with Crippen LogP contribution >= 0.6 is 0 Å². The molecule has 1 aliphatic heterocycles. The van der Waals surface area contributed by atoms with E-state index in [0.717, 1.165) is 0 Å². The van der Waals surface area contributed by atoms with E-state index in [9.17, 15) is 22.4 Å². The van der Waals surface area contributed by atoms with Crippen molar-refractivity contribution in [1.82, 2.24) is 4.90 Å². The summed E-state index contributed by atoms with van der Waals surface area (Å²) < 4.78 is 60.8. The number of hydrogen-bond donors (Lipinski definition) is 0. The fourth-order valence-corrected chi connectivity index (χ4v) is 5.79. The van der Waals surface area contributed by atoms with Crippen molar-refractivity contribution in [2.75, 3.05) is 24.6 Å². The van der Waals surface area contributed by atoms with Crippen molar-refractivity contribution < 1.29 is 29.9 Å². The molecule has 0 unspecified atom stereocenters. The second-order valence-electron chi connectivity index (χ2n) is 9.07. The van der Waals surface area contributed by atoms with Gasteiger partial charge < -0.3 is 4.74 Å². The smallest absolute Gasteiger partial charge is 0.261 e. The Bertz CT molecular complexity index is 1230. The molecule has 0 radical (unpaired) electrons. The minimum absolute atomic E-state index is 0.0335. The van der Waals surface area contributed by atoms with Gasteiger partial charge in [0.05, 0.1) is 31.9 Å². The number of carbonyl (C=O) groups excluding carboxylic acids is 2. The van der Waals surface area contributed by atoms with E-state index < -0.39 is 28.1 Å². The number of nitrogens with zero attached hydrogens (tertiary/aromatic N) is 1. The number of hydrogen-bond acceptors (Lipinski definition) is 5. The summed E-state index contributed by atoms with van der Waals surface area (Å²) in [7, 11) is -3.41. The first-order chi connectivity index (χ1) is 17.0. The van der Waals surface area contributed by atoms with Gasteiger partial charge in [-0.3, -0.25) is 14.5 Å². The summed E-state index contributed by atoms with van der Waals surface area (Å²) in [5, 5.41) is 0. The van der Waals surface area contributed by atoms with Crippen LogP contribution in [0.3, 0.4) is 0 Å². The number of carbonyl (C=O) groups is 2. The lowest BCUT2D eigenvalue weighted by Gasteiger charge is -2.15. The SMILES string of the molecule is [2H]C([2H])(Oc1cc([C@@H](C)CS(=O)(=O)CCCCCN2C(=O)c3ccccc3C2=O)ccc1F)C1CC1. The lowest BCUT2D eigenvalue weighted by Crippen LogP contribution is -2.30. The zero-order valence-corrected chi connectivity index (χ0v) is 19.9. The summed E-state index contributed by atoms with van der Waals surface area (Å²) in [5.41, 5.74) is 1.36. The molecule has 34 heavy (non-hydrogen) atoms. The van der Waals surface area contributed by atoms with Crippen molar-refractivity contribution in [2.45, 2.75) is 44.9 Å². The van der Waals surface area contributed by atoms with Crippen LogP contribution in [-0.2, 0) is 9.84 Å². The maximum Gasteiger partial charge on any atom is 0.261 e. The van der Waals surface area contributed by atoms with E-state index in [1.165, 1.54) is 23.1 Å². The monoisotopic (exact) mass is 489 g/mol. The third kappa shape index (κ3) is 5.84. The molecule has 0 spiro atoms. The van der Waals surface area contributed by atoms with Crippen LogP contribution < -0.4 is 4.74 Å². The van der Waals surface area contributed by atoms with Crippen LogP contribution in [-0.4, -0.2) is 49.7 Å². The van der Waals surface area contributed by atoms with Crippen molar-refractivity contribution in [2.24, 2.45) is 5.92 Å². The van der Waals surface area contributed by atoms with Crippen molar-refractivity contribution in [3.05, 3.63) is 65.0 Å². The molecule has 0 aromatic heterocycles. The summed E-state index contributed by atoms with van der Waals surface area (Å²) in [5.74, 6) is -2.37. The second-order valence-corrected chi connectivity index (χ2v) is 11.3. The van der Waals surface area contributed by atoms with Gasteiger partial charge in [-0.15, -0.1) is 0 Å². The van der Waals surface area contributed by atoms with Gasteiger partial charge in [0, 0.05) is 6.54 Å². The van der Waals surface area contributed by atoms with E-state index in [2.05, 4.69) is 0 Å². The number of halogens is 1. The van der Waals surface area contributed by atoms with Gasteiger partial charge in [-0.1, -0.05) is 31.5 Å². The topological polar surface area (TPSA) is 80.8 Å². The maximum atomic E-state index is 14.2. The predicted molar refractivity (Wildman–Crippen MR) is 127 cm³/mol. The lowest BCUT2D eigenvalue weighted by atomic mass is 10.0. The molecule has 182 valence electrons. The van der Waals surface area contributed by atoms with Gasteiger partial charge in [0.2, 0.25) is 0 Å². The van der Waals surface area contributed by atoms with Crippen LogP contribution in [0.4, 0.5) is 4.39 Å². The summed E-state index contributed by atoms with van der Waals surface area (Å²) in [4.78, 5) is 26.0. The van der Waals surface area contributed by atoms with E-state index in [1.807, 2.05) is 0 Å². The van der Waals surface area contributed by atoms with Gasteiger partial charge in [-0.25, -0.2) is 12.8 Å². The molecule has 0 saturated heterocycles. The number of sulfone groups is 1. The molecule has 1 saturated carbocycles. The number of fused-ring (bicyclic) bond motifs is 1. The molecule has 2 aromatic carbocycles. The third-order valence-corrected chi connectivity index (χ3v) is 8.07. The van der Waals surface area contributed by atoms with Crippen LogP contribution in [0.25, 0.3) is 0 Å². The van der Waals surface area contributed by atoms with E-state index in [-0.39, 0.29) is 41.5 Å². The molecule has 0 N–H and O–H groups in total. The standard InChI is InChI=1S/C26H30FNO5S/c1-18(20-11-12-23(27)24(15-20)33-16-19-9-10-19)17-34(31,32)14-6-2-5-13-28-25(29)21-7-3-4-8-22(21)26(28)30/h3-4,7-8,11-12,15,18-19H,2,5-6,9-10,13-14,16-17H2,1H3/t18-/m0/s1/i16D2. The highest BCUT2D eigenvalue weighted by molar-refractivity contribution is 7.91. The van der Waals surface area contributed by atoms with Crippen molar-refractivity contribution in [3.63, 3.8) is 0 Å². The highest BCUT2D eigenvalue weighted by Gasteiger charge is 2.34. The Morgan fingerprint density at radius 2 is 1.76 bits per heavy atom. The maximum absolute atomic E-state index is 14.2. The molecule has 2 aliphatic rings. The Kier molecular flexibility index (Phi) is 6.57. The highest BCUT2D eigenvalue weighted by atomic mass is 32.2. The average Bonchev–Trinajstić information content (AvgIpc) is 3.65. The van der Waals surface area contributed by atoms with Crippen molar-refractivity contribution in [3.8, 4) is 5.75 Å².